The van der Waals surface area contributed by atoms with Crippen molar-refractivity contribution in [2.24, 2.45) is 5.92 Å². The van der Waals surface area contributed by atoms with E-state index < -0.39 is 0 Å². The predicted molar refractivity (Wildman–Crippen MR) is 100 cm³/mol. The summed E-state index contributed by atoms with van der Waals surface area (Å²) in [5, 5.41) is 3.43. The van der Waals surface area contributed by atoms with E-state index in [0.29, 0.717) is 11.9 Å². The van der Waals surface area contributed by atoms with Gasteiger partial charge in [-0.25, -0.2) is 0 Å². The van der Waals surface area contributed by atoms with E-state index in [0.717, 1.165) is 52.1 Å². The molecule has 0 unspecified atom stereocenters. The molecule has 4 nitrogen and oxygen atoms in total. The highest BCUT2D eigenvalue weighted by molar-refractivity contribution is 5.85. The lowest BCUT2D eigenvalue weighted by Crippen LogP contribution is -2.51. The zero-order chi connectivity index (χ0) is 16.2. The van der Waals surface area contributed by atoms with E-state index in [2.05, 4.69) is 53.2 Å². The number of nitrogens with zero attached hydrogens (tertiary/aromatic N) is 2. The van der Waals surface area contributed by atoms with E-state index in [4.69, 9.17) is 0 Å². The van der Waals surface area contributed by atoms with Crippen LogP contribution in [0.5, 0.6) is 0 Å². The normalized spacial score (nSPS) is 25.2. The zero-order valence-electron chi connectivity index (χ0n) is 14.8. The second-order valence-corrected chi connectivity index (χ2v) is 7.10. The average Bonchev–Trinajstić information content (AvgIpc) is 2.57. The molecule has 2 aliphatic rings. The summed E-state index contributed by atoms with van der Waals surface area (Å²) in [7, 11) is 0. The molecule has 0 bridgehead atoms. The van der Waals surface area contributed by atoms with Gasteiger partial charge in [-0.05, 0) is 44.4 Å². The number of nitrogens with one attached hydrogen (secondary N) is 1. The Hall–Kier alpha value is -1.10. The van der Waals surface area contributed by atoms with Crippen molar-refractivity contribution in [1.82, 2.24) is 15.1 Å². The molecule has 0 radical (unpaired) electrons. The summed E-state index contributed by atoms with van der Waals surface area (Å²) >= 11 is 0. The number of carbonyl (C=O) groups excluding carboxylic acids is 1. The van der Waals surface area contributed by atoms with Crippen molar-refractivity contribution in [2.75, 3.05) is 32.7 Å². The third kappa shape index (κ3) is 4.71. The van der Waals surface area contributed by atoms with Crippen LogP contribution in [0.25, 0.3) is 0 Å². The molecule has 2 saturated heterocycles. The van der Waals surface area contributed by atoms with Crippen LogP contribution in [-0.2, 0) is 11.3 Å². The number of carbonyl (C=O) groups is 1. The second-order valence-electron chi connectivity index (χ2n) is 7.10. The highest BCUT2D eigenvalue weighted by Crippen LogP contribution is 2.20. The van der Waals surface area contributed by atoms with Gasteiger partial charge in [0.2, 0.25) is 5.91 Å². The maximum atomic E-state index is 12.7. The third-order valence-electron chi connectivity index (χ3n) is 5.31. The molecule has 1 amide bonds. The molecule has 0 aromatic heterocycles. The van der Waals surface area contributed by atoms with Gasteiger partial charge in [0.1, 0.15) is 0 Å². The predicted octanol–water partition coefficient (Wildman–Crippen LogP) is 2.45. The van der Waals surface area contributed by atoms with Crippen LogP contribution in [0.2, 0.25) is 0 Å². The lowest BCUT2D eigenvalue weighted by atomic mass is 9.92. The molecule has 3 rings (SSSR count). The van der Waals surface area contributed by atoms with Crippen LogP contribution in [0.1, 0.15) is 30.9 Å². The van der Waals surface area contributed by atoms with Crippen LogP contribution < -0.4 is 5.32 Å². The van der Waals surface area contributed by atoms with Crippen LogP contribution >= 0.6 is 12.4 Å². The summed E-state index contributed by atoms with van der Waals surface area (Å²) in [6, 6.07) is 9.06. The maximum absolute atomic E-state index is 12.7. The van der Waals surface area contributed by atoms with Crippen molar-refractivity contribution in [1.29, 1.82) is 0 Å². The lowest BCUT2D eigenvalue weighted by molar-refractivity contribution is -0.138. The number of rotatable bonds is 3. The summed E-state index contributed by atoms with van der Waals surface area (Å²) in [6.45, 7) is 10.1. The Balaban J connectivity index is 0.00000208. The van der Waals surface area contributed by atoms with Gasteiger partial charge in [-0.3, -0.25) is 9.69 Å². The topological polar surface area (TPSA) is 35.6 Å². The Morgan fingerprint density at radius 1 is 1.21 bits per heavy atom. The van der Waals surface area contributed by atoms with Gasteiger partial charge >= 0.3 is 0 Å². The quantitative estimate of drug-likeness (QED) is 0.908. The molecule has 2 heterocycles. The summed E-state index contributed by atoms with van der Waals surface area (Å²) in [5.74, 6) is 0.614. The highest BCUT2D eigenvalue weighted by atomic mass is 35.5. The van der Waals surface area contributed by atoms with Gasteiger partial charge in [0.05, 0.1) is 0 Å². The summed E-state index contributed by atoms with van der Waals surface area (Å²) < 4.78 is 0. The Kier molecular flexibility index (Phi) is 7.08. The monoisotopic (exact) mass is 351 g/mol. The van der Waals surface area contributed by atoms with E-state index in [1.807, 2.05) is 0 Å². The largest absolute Gasteiger partial charge is 0.340 e. The molecule has 2 fully saturated rings. The first-order valence-corrected chi connectivity index (χ1v) is 8.92. The number of piperidine rings is 1. The number of hydrogen-bond donors (Lipinski definition) is 1. The number of halogens is 1. The number of amides is 1. The van der Waals surface area contributed by atoms with Gasteiger partial charge in [0.15, 0.2) is 0 Å². The fourth-order valence-electron chi connectivity index (χ4n) is 3.77. The fourth-order valence-corrected chi connectivity index (χ4v) is 3.77. The fraction of sp³-hybridized carbons (Fsp3) is 0.632. The van der Waals surface area contributed by atoms with Gasteiger partial charge in [-0.15, -0.1) is 12.4 Å². The number of aryl methyl sites for hydroxylation is 1. The minimum atomic E-state index is 0. The van der Waals surface area contributed by atoms with Crippen molar-refractivity contribution in [3.05, 3.63) is 35.4 Å². The minimum Gasteiger partial charge on any atom is -0.340 e. The molecule has 1 aromatic carbocycles. The van der Waals surface area contributed by atoms with Crippen LogP contribution in [0.4, 0.5) is 0 Å². The maximum Gasteiger partial charge on any atom is 0.225 e. The molecule has 0 aliphatic carbocycles. The van der Waals surface area contributed by atoms with Crippen molar-refractivity contribution in [3.8, 4) is 0 Å². The first-order chi connectivity index (χ1) is 11.1. The van der Waals surface area contributed by atoms with E-state index in [1.165, 1.54) is 11.1 Å². The van der Waals surface area contributed by atoms with Gasteiger partial charge in [-0.1, -0.05) is 24.3 Å². The molecular weight excluding hydrogens is 322 g/mol. The number of hydrogen-bond acceptors (Lipinski definition) is 3. The molecular formula is C19H30ClN3O. The molecule has 2 atom stereocenters. The van der Waals surface area contributed by atoms with Gasteiger partial charge < -0.3 is 10.2 Å². The zero-order valence-corrected chi connectivity index (χ0v) is 15.6. The average molecular weight is 352 g/mol. The van der Waals surface area contributed by atoms with E-state index in [-0.39, 0.29) is 18.3 Å². The van der Waals surface area contributed by atoms with Crippen molar-refractivity contribution in [3.63, 3.8) is 0 Å². The molecule has 0 saturated carbocycles. The van der Waals surface area contributed by atoms with Crippen LogP contribution in [0.15, 0.2) is 24.3 Å². The van der Waals surface area contributed by atoms with Gasteiger partial charge in [-0.2, -0.15) is 0 Å². The van der Waals surface area contributed by atoms with Gasteiger partial charge in [0.25, 0.3) is 0 Å². The van der Waals surface area contributed by atoms with Crippen molar-refractivity contribution < 1.29 is 4.79 Å². The molecule has 2 aliphatic heterocycles. The van der Waals surface area contributed by atoms with Crippen molar-refractivity contribution >= 4 is 18.3 Å². The highest BCUT2D eigenvalue weighted by Gasteiger charge is 2.30. The molecule has 5 heteroatoms. The van der Waals surface area contributed by atoms with Gasteiger partial charge in [0, 0.05) is 44.7 Å². The van der Waals surface area contributed by atoms with E-state index in [1.54, 1.807) is 0 Å². The van der Waals surface area contributed by atoms with Crippen molar-refractivity contribution in [2.45, 2.75) is 39.3 Å². The summed E-state index contributed by atoms with van der Waals surface area (Å²) in [5.41, 5.74) is 2.76. The van der Waals surface area contributed by atoms with E-state index >= 15 is 0 Å². The Labute approximate surface area is 152 Å². The van der Waals surface area contributed by atoms with Crippen LogP contribution in [0, 0.1) is 12.8 Å². The Morgan fingerprint density at radius 3 is 2.58 bits per heavy atom. The Bertz CT molecular complexity index is 543. The molecule has 0 spiro atoms. The number of piperazine rings is 1. The SMILES string of the molecule is Cc1ccccc1CN1CCN(C(=O)[C@H]2CCN[C@@H](C)C2)CC1.Cl. The lowest BCUT2D eigenvalue weighted by Gasteiger charge is -2.38. The Morgan fingerprint density at radius 2 is 1.92 bits per heavy atom. The molecule has 134 valence electrons. The second kappa shape index (κ2) is 8.84. The molecule has 24 heavy (non-hydrogen) atoms. The molecule has 1 N–H and O–H groups in total. The first kappa shape index (κ1) is 19.2. The van der Waals surface area contributed by atoms with Crippen LogP contribution in [-0.4, -0.2) is 54.5 Å². The van der Waals surface area contributed by atoms with E-state index in [9.17, 15) is 4.79 Å². The minimum absolute atomic E-state index is 0. The smallest absolute Gasteiger partial charge is 0.225 e. The molecule has 1 aromatic rings. The summed E-state index contributed by atoms with van der Waals surface area (Å²) in [4.78, 5) is 17.3. The third-order valence-corrected chi connectivity index (χ3v) is 5.31. The first-order valence-electron chi connectivity index (χ1n) is 8.92. The standard InChI is InChI=1S/C19H29N3O.ClH/c1-15-5-3-4-6-18(15)14-21-9-11-22(12-10-21)19(23)17-7-8-20-16(2)13-17;/h3-6,16-17,20H,7-14H2,1-2H3;1H/t16-,17-;/m0./s1. The summed E-state index contributed by atoms with van der Waals surface area (Å²) in [6.07, 6.45) is 1.98. The van der Waals surface area contributed by atoms with Crippen LogP contribution in [0.3, 0.4) is 0 Å². The number of benzene rings is 1.